The molecule has 1 heterocycles. The van der Waals surface area contributed by atoms with Gasteiger partial charge < -0.3 is 19.5 Å². The van der Waals surface area contributed by atoms with Crippen LogP contribution in [0.3, 0.4) is 0 Å². The lowest BCUT2D eigenvalue weighted by Gasteiger charge is -2.26. The van der Waals surface area contributed by atoms with Gasteiger partial charge in [-0.25, -0.2) is 4.79 Å². The van der Waals surface area contributed by atoms with E-state index in [0.29, 0.717) is 18.6 Å². The Morgan fingerprint density at radius 1 is 1.32 bits per heavy atom. The largest absolute Gasteiger partial charge is 0.467 e. The Morgan fingerprint density at radius 3 is 2.73 bits per heavy atom. The highest BCUT2D eigenvalue weighted by molar-refractivity contribution is 5.87. The maximum Gasteiger partial charge on any atom is 0.331 e. The summed E-state index contributed by atoms with van der Waals surface area (Å²) in [5.74, 6) is 0.794. The summed E-state index contributed by atoms with van der Waals surface area (Å²) in [6, 6.07) is 5.61. The molecule has 0 spiro atoms. The molecule has 6 nitrogen and oxygen atoms in total. The molecule has 1 aliphatic rings. The number of hydrogen-bond acceptors (Lipinski definition) is 5. The monoisotopic (exact) mass is 307 g/mol. The minimum absolute atomic E-state index is 0.188. The van der Waals surface area contributed by atoms with E-state index in [2.05, 4.69) is 5.32 Å². The van der Waals surface area contributed by atoms with Crippen LogP contribution in [0.25, 0.3) is 0 Å². The van der Waals surface area contributed by atoms with Gasteiger partial charge in [0.2, 0.25) is 12.7 Å². The number of nitrogens with one attached hydrogen (secondary N) is 1. The summed E-state index contributed by atoms with van der Waals surface area (Å²) in [4.78, 5) is 23.8. The molecule has 1 aliphatic heterocycles. The molecular formula is C16H21NO5. The molecule has 2 rings (SSSR count). The molecular weight excluding hydrogens is 286 g/mol. The number of carbonyl (C=O) groups is 2. The highest BCUT2D eigenvalue weighted by atomic mass is 16.7. The van der Waals surface area contributed by atoms with Crippen LogP contribution in [0.4, 0.5) is 0 Å². The van der Waals surface area contributed by atoms with Crippen molar-refractivity contribution in [3.8, 4) is 11.5 Å². The first-order chi connectivity index (χ1) is 10.5. The van der Waals surface area contributed by atoms with Gasteiger partial charge in [-0.1, -0.05) is 13.0 Å². The molecule has 0 unspecified atom stereocenters. The standard InChI is InChI=1S/C16H21NO5/c1-4-16(2,15(19)20-3)17-14(18)8-6-11-5-7-12-13(9-11)22-10-21-12/h5,7,9H,4,6,8,10H2,1-3H3,(H,17,18)/t16-/m1/s1. The minimum Gasteiger partial charge on any atom is -0.467 e. The Labute approximate surface area is 129 Å². The Hall–Kier alpha value is -2.24. The van der Waals surface area contributed by atoms with E-state index < -0.39 is 11.5 Å². The SMILES string of the molecule is CC[C@@](C)(NC(=O)CCc1ccc2c(c1)OCO2)C(=O)OC. The minimum atomic E-state index is -0.985. The van der Waals surface area contributed by atoms with Crippen LogP contribution in [0.5, 0.6) is 11.5 Å². The van der Waals surface area contributed by atoms with Crippen molar-refractivity contribution in [1.82, 2.24) is 5.32 Å². The van der Waals surface area contributed by atoms with Gasteiger partial charge in [0.05, 0.1) is 7.11 Å². The number of benzene rings is 1. The van der Waals surface area contributed by atoms with Crippen molar-refractivity contribution >= 4 is 11.9 Å². The fraction of sp³-hybridized carbons (Fsp3) is 0.500. The molecule has 1 aromatic carbocycles. The quantitative estimate of drug-likeness (QED) is 0.811. The number of rotatable bonds is 6. The average Bonchev–Trinajstić information content (AvgIpc) is 2.99. The van der Waals surface area contributed by atoms with Gasteiger partial charge in [0.15, 0.2) is 11.5 Å². The maximum absolute atomic E-state index is 12.1. The number of ether oxygens (including phenoxy) is 3. The summed E-state index contributed by atoms with van der Waals surface area (Å²) in [7, 11) is 1.31. The molecule has 1 amide bonds. The van der Waals surface area contributed by atoms with Crippen LogP contribution in [0.2, 0.25) is 0 Å². The molecule has 0 aliphatic carbocycles. The predicted octanol–water partition coefficient (Wildman–Crippen LogP) is 1.81. The van der Waals surface area contributed by atoms with Crippen molar-refractivity contribution in [1.29, 1.82) is 0 Å². The molecule has 120 valence electrons. The topological polar surface area (TPSA) is 73.9 Å². The van der Waals surface area contributed by atoms with E-state index in [1.165, 1.54) is 7.11 Å². The number of hydrogen-bond donors (Lipinski definition) is 1. The highest BCUT2D eigenvalue weighted by Gasteiger charge is 2.33. The van der Waals surface area contributed by atoms with Crippen LogP contribution < -0.4 is 14.8 Å². The molecule has 0 saturated carbocycles. The molecule has 1 atom stereocenters. The smallest absolute Gasteiger partial charge is 0.331 e. The summed E-state index contributed by atoms with van der Waals surface area (Å²) in [6.07, 6.45) is 1.31. The van der Waals surface area contributed by atoms with Gasteiger partial charge in [-0.05, 0) is 37.5 Å². The second-order valence-corrected chi connectivity index (χ2v) is 5.41. The second kappa shape index (κ2) is 6.68. The highest BCUT2D eigenvalue weighted by Crippen LogP contribution is 2.32. The number of esters is 1. The number of aryl methyl sites for hydroxylation is 1. The van der Waals surface area contributed by atoms with E-state index in [9.17, 15) is 9.59 Å². The summed E-state index contributed by atoms with van der Waals surface area (Å²) in [5.41, 5.74) is -0.00330. The van der Waals surface area contributed by atoms with E-state index in [-0.39, 0.29) is 19.1 Å². The van der Waals surface area contributed by atoms with E-state index in [0.717, 1.165) is 11.3 Å². The van der Waals surface area contributed by atoms with Gasteiger partial charge in [0.1, 0.15) is 5.54 Å². The predicted molar refractivity (Wildman–Crippen MR) is 79.7 cm³/mol. The van der Waals surface area contributed by atoms with Crippen molar-refractivity contribution in [2.75, 3.05) is 13.9 Å². The van der Waals surface area contributed by atoms with Crippen LogP contribution in [0, 0.1) is 0 Å². The Morgan fingerprint density at radius 2 is 2.05 bits per heavy atom. The summed E-state index contributed by atoms with van der Waals surface area (Å²) in [6.45, 7) is 3.72. The van der Waals surface area contributed by atoms with Crippen LogP contribution in [-0.2, 0) is 20.7 Å². The summed E-state index contributed by atoms with van der Waals surface area (Å²) < 4.78 is 15.3. The van der Waals surface area contributed by atoms with Crippen molar-refractivity contribution in [2.45, 2.75) is 38.6 Å². The molecule has 0 bridgehead atoms. The number of methoxy groups -OCH3 is 1. The first-order valence-corrected chi connectivity index (χ1v) is 7.26. The third-order valence-corrected chi connectivity index (χ3v) is 3.84. The molecule has 0 fully saturated rings. The Balaban J connectivity index is 1.91. The zero-order valence-corrected chi connectivity index (χ0v) is 13.1. The molecule has 22 heavy (non-hydrogen) atoms. The third-order valence-electron chi connectivity index (χ3n) is 3.84. The van der Waals surface area contributed by atoms with Crippen LogP contribution in [0.15, 0.2) is 18.2 Å². The fourth-order valence-corrected chi connectivity index (χ4v) is 2.23. The van der Waals surface area contributed by atoms with E-state index in [1.54, 1.807) is 6.92 Å². The van der Waals surface area contributed by atoms with E-state index in [1.807, 2.05) is 25.1 Å². The average molecular weight is 307 g/mol. The summed E-state index contributed by atoms with van der Waals surface area (Å²) in [5, 5.41) is 2.75. The fourth-order valence-electron chi connectivity index (χ4n) is 2.23. The van der Waals surface area contributed by atoms with Gasteiger partial charge >= 0.3 is 5.97 Å². The Bertz CT molecular complexity index is 572. The lowest BCUT2D eigenvalue weighted by atomic mass is 9.98. The number of fused-ring (bicyclic) bond motifs is 1. The molecule has 0 aromatic heterocycles. The number of carbonyl (C=O) groups excluding carboxylic acids is 2. The zero-order valence-electron chi connectivity index (χ0n) is 13.1. The molecule has 0 radical (unpaired) electrons. The van der Waals surface area contributed by atoms with Crippen molar-refractivity contribution in [3.63, 3.8) is 0 Å². The normalized spacial score (nSPS) is 15.0. The Kier molecular flexibility index (Phi) is 4.90. The molecule has 6 heteroatoms. The van der Waals surface area contributed by atoms with E-state index >= 15 is 0 Å². The van der Waals surface area contributed by atoms with Gasteiger partial charge in [-0.2, -0.15) is 0 Å². The zero-order chi connectivity index (χ0) is 16.2. The van der Waals surface area contributed by atoms with Gasteiger partial charge in [0, 0.05) is 6.42 Å². The van der Waals surface area contributed by atoms with Crippen LogP contribution in [0.1, 0.15) is 32.3 Å². The first kappa shape index (κ1) is 16.1. The first-order valence-electron chi connectivity index (χ1n) is 7.26. The van der Waals surface area contributed by atoms with Gasteiger partial charge in [-0.3, -0.25) is 4.79 Å². The van der Waals surface area contributed by atoms with Crippen LogP contribution in [-0.4, -0.2) is 31.3 Å². The van der Waals surface area contributed by atoms with E-state index in [4.69, 9.17) is 14.2 Å². The third kappa shape index (κ3) is 3.50. The second-order valence-electron chi connectivity index (χ2n) is 5.41. The molecule has 1 aromatic rings. The van der Waals surface area contributed by atoms with Crippen molar-refractivity contribution in [3.05, 3.63) is 23.8 Å². The molecule has 0 saturated heterocycles. The van der Waals surface area contributed by atoms with Gasteiger partial charge in [-0.15, -0.1) is 0 Å². The van der Waals surface area contributed by atoms with Crippen LogP contribution >= 0.6 is 0 Å². The van der Waals surface area contributed by atoms with Crippen molar-refractivity contribution in [2.24, 2.45) is 0 Å². The summed E-state index contributed by atoms with van der Waals surface area (Å²) >= 11 is 0. The van der Waals surface area contributed by atoms with Gasteiger partial charge in [0.25, 0.3) is 0 Å². The lowest BCUT2D eigenvalue weighted by Crippen LogP contribution is -2.52. The van der Waals surface area contributed by atoms with Crippen molar-refractivity contribution < 1.29 is 23.8 Å². The molecule has 1 N–H and O–H groups in total. The maximum atomic E-state index is 12.1. The number of amides is 1. The lowest BCUT2D eigenvalue weighted by molar-refractivity contribution is -0.150.